The van der Waals surface area contributed by atoms with Crippen molar-refractivity contribution >= 4 is 0 Å². The molecule has 2 heterocycles. The van der Waals surface area contributed by atoms with Crippen molar-refractivity contribution in [3.8, 4) is 0 Å². The Kier molecular flexibility index (Phi) is 11.8. The summed E-state index contributed by atoms with van der Waals surface area (Å²) in [5, 5.41) is 92.5. The van der Waals surface area contributed by atoms with Crippen LogP contribution in [0.15, 0.2) is 0 Å². The zero-order chi connectivity index (χ0) is 24.9. The SMILES string of the molecule is CC(C)O[C@@H]1OC(C(O)O)[C@@H](O)C(O)C1O.CC(C)O[C@H]1OC(C(O)O)[C@@H](O)C(O)C1O. The summed E-state index contributed by atoms with van der Waals surface area (Å²) < 4.78 is 20.2. The Balaban J connectivity index is 0.000000320. The fourth-order valence-corrected chi connectivity index (χ4v) is 3.00. The minimum atomic E-state index is -1.96. The molecule has 0 aromatic rings. The van der Waals surface area contributed by atoms with Gasteiger partial charge in [-0.05, 0) is 27.7 Å². The molecule has 2 rings (SSSR count). The van der Waals surface area contributed by atoms with E-state index in [1.165, 1.54) is 0 Å². The van der Waals surface area contributed by atoms with Gasteiger partial charge in [-0.25, -0.2) is 0 Å². The third kappa shape index (κ3) is 7.75. The van der Waals surface area contributed by atoms with E-state index in [0.29, 0.717) is 0 Å². The smallest absolute Gasteiger partial charge is 0.187 e. The van der Waals surface area contributed by atoms with Gasteiger partial charge in [0.2, 0.25) is 0 Å². The van der Waals surface area contributed by atoms with Gasteiger partial charge in [-0.3, -0.25) is 0 Å². The van der Waals surface area contributed by atoms with Crippen molar-refractivity contribution in [3.05, 3.63) is 0 Å². The Morgan fingerprint density at radius 2 is 0.781 bits per heavy atom. The first-order chi connectivity index (χ1) is 14.7. The van der Waals surface area contributed by atoms with Crippen molar-refractivity contribution in [2.24, 2.45) is 0 Å². The van der Waals surface area contributed by atoms with Crippen LogP contribution < -0.4 is 0 Å². The van der Waals surface area contributed by atoms with Crippen LogP contribution in [0.2, 0.25) is 0 Å². The van der Waals surface area contributed by atoms with Gasteiger partial charge in [0.1, 0.15) is 48.8 Å². The molecule has 2 fully saturated rings. The van der Waals surface area contributed by atoms with Crippen LogP contribution in [0.4, 0.5) is 0 Å². The van der Waals surface area contributed by atoms with Gasteiger partial charge in [-0.1, -0.05) is 0 Å². The van der Waals surface area contributed by atoms with Crippen molar-refractivity contribution in [1.29, 1.82) is 0 Å². The lowest BCUT2D eigenvalue weighted by Crippen LogP contribution is -2.61. The van der Waals surface area contributed by atoms with Crippen LogP contribution in [0.25, 0.3) is 0 Å². The fourth-order valence-electron chi connectivity index (χ4n) is 3.00. The lowest BCUT2D eigenvalue weighted by Gasteiger charge is -2.41. The third-order valence-corrected chi connectivity index (χ3v) is 4.61. The minimum absolute atomic E-state index is 0.279. The Bertz CT molecular complexity index is 482. The molecule has 2 aliphatic rings. The topological polar surface area (TPSA) is 239 Å². The van der Waals surface area contributed by atoms with Gasteiger partial charge in [0, 0.05) is 0 Å². The van der Waals surface area contributed by atoms with E-state index in [1.54, 1.807) is 27.7 Å². The summed E-state index contributed by atoms with van der Waals surface area (Å²) in [5.41, 5.74) is 0. The first-order valence-electron chi connectivity index (χ1n) is 10.1. The van der Waals surface area contributed by atoms with Crippen LogP contribution in [0.1, 0.15) is 27.7 Å². The Morgan fingerprint density at radius 1 is 0.500 bits per heavy atom. The van der Waals surface area contributed by atoms with Crippen LogP contribution in [0, 0.1) is 0 Å². The first kappa shape index (κ1) is 29.5. The Hall–Kier alpha value is -0.560. The summed E-state index contributed by atoms with van der Waals surface area (Å²) in [7, 11) is 0. The average molecular weight is 476 g/mol. The highest BCUT2D eigenvalue weighted by molar-refractivity contribution is 4.91. The van der Waals surface area contributed by atoms with Crippen LogP contribution in [0.5, 0.6) is 0 Å². The normalized spacial score (nSPS) is 40.7. The second kappa shape index (κ2) is 12.8. The van der Waals surface area contributed by atoms with Gasteiger partial charge in [0.05, 0.1) is 12.2 Å². The van der Waals surface area contributed by atoms with E-state index in [-0.39, 0.29) is 12.2 Å². The zero-order valence-corrected chi connectivity index (χ0v) is 18.2. The first-order valence-corrected chi connectivity index (χ1v) is 10.1. The second-order valence-corrected chi connectivity index (χ2v) is 8.08. The van der Waals surface area contributed by atoms with E-state index >= 15 is 0 Å². The minimum Gasteiger partial charge on any atom is -0.387 e. The molecule has 0 aromatic carbocycles. The van der Waals surface area contributed by atoms with Gasteiger partial charge in [0.25, 0.3) is 0 Å². The molecule has 14 heteroatoms. The quantitative estimate of drug-likeness (QED) is 0.162. The molecule has 6 unspecified atom stereocenters. The molecular formula is C18H36O14. The molecule has 14 nitrogen and oxygen atoms in total. The number of aliphatic hydroxyl groups excluding tert-OH is 8. The lowest BCUT2D eigenvalue weighted by atomic mass is 9.98. The maximum absolute atomic E-state index is 9.53. The molecule has 0 bridgehead atoms. The zero-order valence-electron chi connectivity index (χ0n) is 18.2. The number of hydrogen-bond donors (Lipinski definition) is 10. The lowest BCUT2D eigenvalue weighted by molar-refractivity contribution is -0.334. The molecule has 2 aliphatic heterocycles. The maximum atomic E-state index is 9.53. The van der Waals surface area contributed by atoms with E-state index in [9.17, 15) is 30.6 Å². The van der Waals surface area contributed by atoms with Crippen molar-refractivity contribution in [2.45, 2.75) is 114 Å². The van der Waals surface area contributed by atoms with Crippen molar-refractivity contribution < 1.29 is 70.0 Å². The van der Waals surface area contributed by atoms with Gasteiger partial charge >= 0.3 is 0 Å². The summed E-state index contributed by atoms with van der Waals surface area (Å²) in [4.78, 5) is 0. The molecule has 0 aromatic heterocycles. The van der Waals surface area contributed by atoms with E-state index in [0.717, 1.165) is 0 Å². The fraction of sp³-hybridized carbons (Fsp3) is 1.00. The molecule has 2 saturated heterocycles. The predicted octanol–water partition coefficient (Wildman–Crippen LogP) is -4.94. The summed E-state index contributed by atoms with van der Waals surface area (Å²) in [6.07, 6.45) is -18.9. The molecule has 192 valence electrons. The van der Waals surface area contributed by atoms with E-state index in [2.05, 4.69) is 0 Å². The second-order valence-electron chi connectivity index (χ2n) is 8.08. The Labute approximate surface area is 184 Å². The molecule has 32 heavy (non-hydrogen) atoms. The highest BCUT2D eigenvalue weighted by Gasteiger charge is 2.48. The highest BCUT2D eigenvalue weighted by atomic mass is 16.7. The predicted molar refractivity (Wildman–Crippen MR) is 102 cm³/mol. The summed E-state index contributed by atoms with van der Waals surface area (Å²) in [6, 6.07) is 0. The number of hydrogen-bond acceptors (Lipinski definition) is 14. The molecule has 10 atom stereocenters. The van der Waals surface area contributed by atoms with Crippen molar-refractivity contribution in [2.75, 3.05) is 0 Å². The van der Waals surface area contributed by atoms with Gasteiger partial charge in [-0.15, -0.1) is 0 Å². The summed E-state index contributed by atoms with van der Waals surface area (Å²) in [6.45, 7) is 6.77. The van der Waals surface area contributed by atoms with E-state index in [4.69, 9.17) is 39.4 Å². The number of rotatable bonds is 6. The summed E-state index contributed by atoms with van der Waals surface area (Å²) in [5.74, 6) is 0. The number of ether oxygens (including phenoxy) is 4. The average Bonchev–Trinajstić information content (AvgIpc) is 2.68. The van der Waals surface area contributed by atoms with Crippen molar-refractivity contribution in [3.63, 3.8) is 0 Å². The molecule has 0 amide bonds. The standard InChI is InChI=1S/2C9H18O7/c2*1-3(2)15-9-6(12)4(10)5(11)7(16-9)8(13)14/h2*3-14H,1-2H3/t4?,5-,6?,7?,9+;4?,5-,6?,7?,9-/m00/s1. The monoisotopic (exact) mass is 476 g/mol. The third-order valence-electron chi connectivity index (χ3n) is 4.61. The summed E-state index contributed by atoms with van der Waals surface area (Å²) >= 11 is 0. The Morgan fingerprint density at radius 3 is 1.00 bits per heavy atom. The van der Waals surface area contributed by atoms with Crippen molar-refractivity contribution in [1.82, 2.24) is 0 Å². The molecule has 0 saturated carbocycles. The molecule has 0 aliphatic carbocycles. The van der Waals surface area contributed by atoms with E-state index < -0.39 is 74.0 Å². The molecule has 10 N–H and O–H groups in total. The molecule has 0 spiro atoms. The van der Waals surface area contributed by atoms with Gasteiger partial charge in [0.15, 0.2) is 25.2 Å². The highest BCUT2D eigenvalue weighted by Crippen LogP contribution is 2.25. The number of aliphatic hydroxyl groups is 10. The van der Waals surface area contributed by atoms with Gasteiger partial charge in [-0.2, -0.15) is 0 Å². The van der Waals surface area contributed by atoms with Gasteiger partial charge < -0.3 is 70.0 Å². The largest absolute Gasteiger partial charge is 0.387 e. The van der Waals surface area contributed by atoms with Crippen LogP contribution in [-0.2, 0) is 18.9 Å². The molecular weight excluding hydrogens is 440 g/mol. The van der Waals surface area contributed by atoms with Crippen LogP contribution >= 0.6 is 0 Å². The van der Waals surface area contributed by atoms with E-state index in [1.807, 2.05) is 0 Å². The molecule has 0 radical (unpaired) electrons. The van der Waals surface area contributed by atoms with Crippen LogP contribution in [-0.4, -0.2) is 137 Å². The maximum Gasteiger partial charge on any atom is 0.187 e. The van der Waals surface area contributed by atoms with Crippen LogP contribution in [0.3, 0.4) is 0 Å².